The lowest BCUT2D eigenvalue weighted by Crippen LogP contribution is -2.30. The molecular formula is C24H23N5O2. The molecule has 0 spiro atoms. The van der Waals surface area contributed by atoms with Crippen LogP contribution in [0.15, 0.2) is 73.2 Å². The molecule has 156 valence electrons. The van der Waals surface area contributed by atoms with Crippen LogP contribution in [0.5, 0.6) is 5.75 Å². The molecule has 31 heavy (non-hydrogen) atoms. The van der Waals surface area contributed by atoms with Crippen LogP contribution in [0, 0.1) is 0 Å². The number of fused-ring (bicyclic) bond motifs is 1. The van der Waals surface area contributed by atoms with Crippen molar-refractivity contribution < 1.29 is 9.53 Å². The van der Waals surface area contributed by atoms with Crippen LogP contribution >= 0.6 is 0 Å². The third-order valence-electron chi connectivity index (χ3n) is 4.84. The minimum atomic E-state index is -0.0306. The summed E-state index contributed by atoms with van der Waals surface area (Å²) in [6.07, 6.45) is 5.57. The van der Waals surface area contributed by atoms with E-state index in [1.54, 1.807) is 25.7 Å². The number of hydrogen-bond acceptors (Lipinski definition) is 6. The molecule has 1 amide bonds. The standard InChI is InChI=1S/C24H23N5O2/c1-31-19-6-4-17(5-7-19)15-23(30)27-13-14-28-24-20-3-2-10-26-22(20)16-21(29-24)18-8-11-25-12-9-18/h2-12,16H,13-15H2,1H3,(H,27,30)(H,28,29). The number of methoxy groups -OCH3 is 1. The van der Waals surface area contributed by atoms with E-state index in [2.05, 4.69) is 20.6 Å². The molecule has 4 rings (SSSR count). The molecule has 0 radical (unpaired) electrons. The van der Waals surface area contributed by atoms with Crippen molar-refractivity contribution in [2.75, 3.05) is 25.5 Å². The van der Waals surface area contributed by atoms with Gasteiger partial charge in [-0.25, -0.2) is 4.98 Å². The Bertz CT molecular complexity index is 1160. The van der Waals surface area contributed by atoms with Gasteiger partial charge in [-0.05, 0) is 48.0 Å². The maximum absolute atomic E-state index is 12.2. The van der Waals surface area contributed by atoms with E-state index in [0.29, 0.717) is 19.5 Å². The first kappa shape index (κ1) is 20.3. The highest BCUT2D eigenvalue weighted by Crippen LogP contribution is 2.26. The van der Waals surface area contributed by atoms with Crippen molar-refractivity contribution >= 4 is 22.6 Å². The van der Waals surface area contributed by atoms with Crippen molar-refractivity contribution in [3.8, 4) is 17.0 Å². The van der Waals surface area contributed by atoms with Crippen LogP contribution in [0.1, 0.15) is 5.56 Å². The summed E-state index contributed by atoms with van der Waals surface area (Å²) in [5.74, 6) is 1.48. The summed E-state index contributed by atoms with van der Waals surface area (Å²) < 4.78 is 5.14. The van der Waals surface area contributed by atoms with Crippen LogP contribution < -0.4 is 15.4 Å². The number of anilines is 1. The molecule has 7 heteroatoms. The summed E-state index contributed by atoms with van der Waals surface area (Å²) in [5.41, 5.74) is 3.59. The van der Waals surface area contributed by atoms with Gasteiger partial charge in [-0.2, -0.15) is 0 Å². The first-order chi connectivity index (χ1) is 15.2. The van der Waals surface area contributed by atoms with Gasteiger partial charge in [0.05, 0.1) is 24.7 Å². The molecule has 0 bridgehead atoms. The topological polar surface area (TPSA) is 89.0 Å². The second-order valence-electron chi connectivity index (χ2n) is 6.96. The minimum Gasteiger partial charge on any atom is -0.497 e. The molecule has 7 nitrogen and oxygen atoms in total. The van der Waals surface area contributed by atoms with Crippen LogP contribution in [0.3, 0.4) is 0 Å². The molecule has 0 atom stereocenters. The molecule has 0 saturated heterocycles. The number of nitrogens with zero attached hydrogens (tertiary/aromatic N) is 3. The first-order valence-electron chi connectivity index (χ1n) is 10.0. The Morgan fingerprint density at radius 2 is 1.81 bits per heavy atom. The number of carbonyl (C=O) groups excluding carboxylic acids is 1. The normalized spacial score (nSPS) is 10.6. The maximum atomic E-state index is 12.2. The fraction of sp³-hybridized carbons (Fsp3) is 0.167. The SMILES string of the molecule is COc1ccc(CC(=O)NCCNc2nc(-c3ccncc3)cc3ncccc23)cc1. The molecule has 0 fully saturated rings. The molecule has 0 aliphatic carbocycles. The van der Waals surface area contributed by atoms with Crippen LogP contribution in [-0.4, -0.2) is 41.1 Å². The summed E-state index contributed by atoms with van der Waals surface area (Å²) in [5, 5.41) is 7.21. The molecule has 0 saturated carbocycles. The zero-order valence-corrected chi connectivity index (χ0v) is 17.2. The Morgan fingerprint density at radius 1 is 1.00 bits per heavy atom. The molecule has 4 aromatic rings. The fourth-order valence-electron chi connectivity index (χ4n) is 3.25. The molecule has 0 unspecified atom stereocenters. The third kappa shape index (κ3) is 5.14. The molecular weight excluding hydrogens is 390 g/mol. The number of pyridine rings is 3. The van der Waals surface area contributed by atoms with Gasteiger partial charge in [0.2, 0.25) is 5.91 Å². The van der Waals surface area contributed by atoms with Crippen LogP contribution in [0.25, 0.3) is 22.2 Å². The predicted octanol–water partition coefficient (Wildman–Crippen LogP) is 3.47. The average Bonchev–Trinajstić information content (AvgIpc) is 2.82. The molecule has 1 aromatic carbocycles. The quantitative estimate of drug-likeness (QED) is 0.430. The third-order valence-corrected chi connectivity index (χ3v) is 4.84. The highest BCUT2D eigenvalue weighted by molar-refractivity contribution is 5.91. The van der Waals surface area contributed by atoms with E-state index in [-0.39, 0.29) is 5.91 Å². The van der Waals surface area contributed by atoms with Gasteiger partial charge in [-0.15, -0.1) is 0 Å². The monoisotopic (exact) mass is 413 g/mol. The minimum absolute atomic E-state index is 0.0306. The van der Waals surface area contributed by atoms with E-state index < -0.39 is 0 Å². The smallest absolute Gasteiger partial charge is 0.224 e. The maximum Gasteiger partial charge on any atom is 0.224 e. The van der Waals surface area contributed by atoms with Crippen molar-refractivity contribution in [1.82, 2.24) is 20.3 Å². The average molecular weight is 413 g/mol. The lowest BCUT2D eigenvalue weighted by molar-refractivity contribution is -0.120. The van der Waals surface area contributed by atoms with Gasteiger partial charge in [-0.1, -0.05) is 12.1 Å². The van der Waals surface area contributed by atoms with E-state index in [0.717, 1.165) is 39.3 Å². The van der Waals surface area contributed by atoms with Crippen LogP contribution in [0.4, 0.5) is 5.82 Å². The number of benzene rings is 1. The van der Waals surface area contributed by atoms with Crippen LogP contribution in [0.2, 0.25) is 0 Å². The van der Waals surface area contributed by atoms with Crippen molar-refractivity contribution in [1.29, 1.82) is 0 Å². The molecule has 3 aromatic heterocycles. The zero-order valence-electron chi connectivity index (χ0n) is 17.2. The number of carbonyl (C=O) groups is 1. The second kappa shape index (κ2) is 9.67. The Labute approximate surface area is 180 Å². The number of aromatic nitrogens is 3. The van der Waals surface area contributed by atoms with Crippen molar-refractivity contribution in [3.63, 3.8) is 0 Å². The van der Waals surface area contributed by atoms with Gasteiger partial charge in [0, 0.05) is 42.6 Å². The lowest BCUT2D eigenvalue weighted by atomic mass is 10.1. The van der Waals surface area contributed by atoms with Gasteiger partial charge in [0.15, 0.2) is 0 Å². The van der Waals surface area contributed by atoms with Crippen LogP contribution in [-0.2, 0) is 11.2 Å². The van der Waals surface area contributed by atoms with Crippen molar-refractivity contribution in [3.05, 3.63) is 78.8 Å². The van der Waals surface area contributed by atoms with Gasteiger partial charge in [0.25, 0.3) is 0 Å². The van der Waals surface area contributed by atoms with Crippen molar-refractivity contribution in [2.45, 2.75) is 6.42 Å². The number of ether oxygens (including phenoxy) is 1. The van der Waals surface area contributed by atoms with Gasteiger partial charge >= 0.3 is 0 Å². The first-order valence-corrected chi connectivity index (χ1v) is 10.0. The largest absolute Gasteiger partial charge is 0.497 e. The van der Waals surface area contributed by atoms with Gasteiger partial charge in [-0.3, -0.25) is 14.8 Å². The number of rotatable bonds is 8. The Kier molecular flexibility index (Phi) is 6.32. The summed E-state index contributed by atoms with van der Waals surface area (Å²) in [4.78, 5) is 25.5. The Balaban J connectivity index is 1.38. The highest BCUT2D eigenvalue weighted by Gasteiger charge is 2.09. The van der Waals surface area contributed by atoms with E-state index in [1.807, 2.05) is 54.6 Å². The summed E-state index contributed by atoms with van der Waals surface area (Å²) in [7, 11) is 1.62. The van der Waals surface area contributed by atoms with Gasteiger partial charge < -0.3 is 15.4 Å². The molecule has 0 aliphatic rings. The number of nitrogens with one attached hydrogen (secondary N) is 2. The predicted molar refractivity (Wildman–Crippen MR) is 121 cm³/mol. The summed E-state index contributed by atoms with van der Waals surface area (Å²) >= 11 is 0. The highest BCUT2D eigenvalue weighted by atomic mass is 16.5. The zero-order chi connectivity index (χ0) is 21.5. The van der Waals surface area contributed by atoms with E-state index in [1.165, 1.54) is 0 Å². The van der Waals surface area contributed by atoms with Crippen molar-refractivity contribution in [2.24, 2.45) is 0 Å². The lowest BCUT2D eigenvalue weighted by Gasteiger charge is -2.12. The Morgan fingerprint density at radius 3 is 2.58 bits per heavy atom. The number of hydrogen-bond donors (Lipinski definition) is 2. The Hall–Kier alpha value is -4.00. The number of amides is 1. The molecule has 2 N–H and O–H groups in total. The molecule has 3 heterocycles. The van der Waals surface area contributed by atoms with E-state index in [4.69, 9.17) is 9.72 Å². The second-order valence-corrected chi connectivity index (χ2v) is 6.96. The van der Waals surface area contributed by atoms with E-state index >= 15 is 0 Å². The van der Waals surface area contributed by atoms with E-state index in [9.17, 15) is 4.79 Å². The summed E-state index contributed by atoms with van der Waals surface area (Å²) in [6, 6.07) is 17.2. The molecule has 0 aliphatic heterocycles. The fourth-order valence-corrected chi connectivity index (χ4v) is 3.25. The van der Waals surface area contributed by atoms with Gasteiger partial charge in [0.1, 0.15) is 11.6 Å². The summed E-state index contributed by atoms with van der Waals surface area (Å²) in [6.45, 7) is 1.03.